The number of halogens is 1. The number of hydrogen-bond acceptors (Lipinski definition) is 1. The Labute approximate surface area is 88.8 Å². The summed E-state index contributed by atoms with van der Waals surface area (Å²) in [4.78, 5) is 12.4. The molecule has 74 valence electrons. The van der Waals surface area contributed by atoms with Gasteiger partial charge in [-0.25, -0.2) is 0 Å². The Morgan fingerprint density at radius 3 is 2.64 bits per heavy atom. The third-order valence-electron chi connectivity index (χ3n) is 1.88. The molecular formula is C11H12ClNO. The molecule has 1 aromatic rings. The molecule has 0 saturated carbocycles. The maximum absolute atomic E-state index is 10.9. The van der Waals surface area contributed by atoms with E-state index in [1.165, 1.54) is 11.8 Å². The lowest BCUT2D eigenvalue weighted by Gasteiger charge is -2.07. The van der Waals surface area contributed by atoms with E-state index in [1.54, 1.807) is 13.2 Å². The predicted molar refractivity (Wildman–Crippen MR) is 58.9 cm³/mol. The van der Waals surface area contributed by atoms with Crippen LogP contribution in [-0.4, -0.2) is 17.9 Å². The van der Waals surface area contributed by atoms with E-state index >= 15 is 0 Å². The van der Waals surface area contributed by atoms with Crippen molar-refractivity contribution in [1.82, 2.24) is 4.90 Å². The van der Waals surface area contributed by atoms with Gasteiger partial charge in [0.15, 0.2) is 0 Å². The van der Waals surface area contributed by atoms with Crippen molar-refractivity contribution in [1.29, 1.82) is 0 Å². The largest absolute Gasteiger partial charge is 0.322 e. The Morgan fingerprint density at radius 2 is 2.07 bits per heavy atom. The second kappa shape index (κ2) is 4.82. The van der Waals surface area contributed by atoms with Crippen molar-refractivity contribution < 1.29 is 4.79 Å². The minimum atomic E-state index is -0.00620. The maximum atomic E-state index is 10.9. The van der Waals surface area contributed by atoms with E-state index in [4.69, 9.17) is 11.6 Å². The van der Waals surface area contributed by atoms with Crippen LogP contribution in [0, 0.1) is 0 Å². The van der Waals surface area contributed by atoms with Crippen LogP contribution in [0.15, 0.2) is 30.5 Å². The molecule has 2 nitrogen and oxygen atoms in total. The molecule has 0 unspecified atom stereocenters. The minimum Gasteiger partial charge on any atom is -0.322 e. The van der Waals surface area contributed by atoms with Gasteiger partial charge in [0, 0.05) is 25.2 Å². The molecule has 0 aromatic heterocycles. The molecule has 0 saturated heterocycles. The lowest BCUT2D eigenvalue weighted by Crippen LogP contribution is -2.16. The summed E-state index contributed by atoms with van der Waals surface area (Å²) in [6, 6.07) is 7.48. The van der Waals surface area contributed by atoms with Gasteiger partial charge in [-0.15, -0.1) is 0 Å². The molecule has 14 heavy (non-hydrogen) atoms. The fourth-order valence-corrected chi connectivity index (χ4v) is 1.11. The molecular weight excluding hydrogens is 198 g/mol. The Kier molecular flexibility index (Phi) is 3.72. The van der Waals surface area contributed by atoms with Gasteiger partial charge < -0.3 is 4.90 Å². The average Bonchev–Trinajstić information content (AvgIpc) is 2.16. The molecule has 0 fully saturated rings. The van der Waals surface area contributed by atoms with Crippen molar-refractivity contribution in [3.8, 4) is 0 Å². The van der Waals surface area contributed by atoms with Gasteiger partial charge in [0.05, 0.1) is 0 Å². The number of amides is 1. The molecule has 3 heteroatoms. The summed E-state index contributed by atoms with van der Waals surface area (Å²) in [5.41, 5.74) is 0.905. The Balaban J connectivity index is 2.78. The molecule has 0 aliphatic rings. The van der Waals surface area contributed by atoms with Crippen LogP contribution >= 0.6 is 11.6 Å². The van der Waals surface area contributed by atoms with E-state index in [9.17, 15) is 4.79 Å². The first-order valence-corrected chi connectivity index (χ1v) is 4.65. The third-order valence-corrected chi connectivity index (χ3v) is 2.22. The number of hydrogen-bond donors (Lipinski definition) is 0. The van der Waals surface area contributed by atoms with E-state index in [0.717, 1.165) is 5.56 Å². The van der Waals surface area contributed by atoms with Gasteiger partial charge in [-0.05, 0) is 17.7 Å². The van der Waals surface area contributed by atoms with Crippen LogP contribution < -0.4 is 0 Å². The highest BCUT2D eigenvalue weighted by atomic mass is 35.5. The summed E-state index contributed by atoms with van der Waals surface area (Å²) in [6.07, 6.45) is 3.51. The maximum Gasteiger partial charge on any atom is 0.223 e. The molecule has 0 atom stereocenters. The molecule has 0 aliphatic carbocycles. The minimum absolute atomic E-state index is 0.00620. The topological polar surface area (TPSA) is 20.3 Å². The lowest BCUT2D eigenvalue weighted by atomic mass is 10.2. The molecule has 0 aliphatic heterocycles. The standard InChI is InChI=1S/C11H12ClNO/c1-9(14)13(2)8-7-10-5-3-4-6-11(10)12/h3-8H,1-2H3/b8-7+. The summed E-state index contributed by atoms with van der Waals surface area (Å²) in [7, 11) is 1.70. The summed E-state index contributed by atoms with van der Waals surface area (Å²) in [6.45, 7) is 1.51. The van der Waals surface area contributed by atoms with Gasteiger partial charge in [0.2, 0.25) is 5.91 Å². The Bertz CT molecular complexity index is 360. The molecule has 1 rings (SSSR count). The first kappa shape index (κ1) is 10.8. The van der Waals surface area contributed by atoms with Crippen molar-refractivity contribution in [3.63, 3.8) is 0 Å². The van der Waals surface area contributed by atoms with Crippen molar-refractivity contribution in [2.75, 3.05) is 7.05 Å². The lowest BCUT2D eigenvalue weighted by molar-refractivity contribution is -0.125. The zero-order valence-corrected chi connectivity index (χ0v) is 8.95. The number of carbonyl (C=O) groups is 1. The van der Waals surface area contributed by atoms with Crippen LogP contribution in [0.2, 0.25) is 5.02 Å². The van der Waals surface area contributed by atoms with Gasteiger partial charge in [-0.3, -0.25) is 4.79 Å². The fourth-order valence-electron chi connectivity index (χ4n) is 0.907. The van der Waals surface area contributed by atoms with Crippen molar-refractivity contribution in [3.05, 3.63) is 41.1 Å². The van der Waals surface area contributed by atoms with Crippen LogP contribution in [0.25, 0.3) is 6.08 Å². The normalized spacial score (nSPS) is 10.5. The van der Waals surface area contributed by atoms with Crippen molar-refractivity contribution in [2.24, 2.45) is 0 Å². The molecule has 0 bridgehead atoms. The molecule has 0 N–H and O–H groups in total. The van der Waals surface area contributed by atoms with E-state index < -0.39 is 0 Å². The van der Waals surface area contributed by atoms with Crippen LogP contribution in [0.4, 0.5) is 0 Å². The molecule has 1 aromatic carbocycles. The monoisotopic (exact) mass is 209 g/mol. The SMILES string of the molecule is CC(=O)N(C)/C=C/c1ccccc1Cl. The Morgan fingerprint density at radius 1 is 1.43 bits per heavy atom. The molecule has 1 amide bonds. The van der Waals surface area contributed by atoms with Gasteiger partial charge in [-0.1, -0.05) is 29.8 Å². The highest BCUT2D eigenvalue weighted by Gasteiger charge is 1.97. The second-order valence-electron chi connectivity index (χ2n) is 2.97. The van der Waals surface area contributed by atoms with E-state index in [-0.39, 0.29) is 5.91 Å². The quantitative estimate of drug-likeness (QED) is 0.734. The first-order valence-electron chi connectivity index (χ1n) is 4.27. The van der Waals surface area contributed by atoms with Crippen LogP contribution in [-0.2, 0) is 4.79 Å². The number of carbonyl (C=O) groups excluding carboxylic acids is 1. The Hall–Kier alpha value is -1.28. The van der Waals surface area contributed by atoms with Crippen molar-refractivity contribution >= 4 is 23.6 Å². The van der Waals surface area contributed by atoms with Crippen molar-refractivity contribution in [2.45, 2.75) is 6.92 Å². The fraction of sp³-hybridized carbons (Fsp3) is 0.182. The molecule has 0 spiro atoms. The van der Waals surface area contributed by atoms with E-state index in [1.807, 2.05) is 30.3 Å². The summed E-state index contributed by atoms with van der Waals surface area (Å²) < 4.78 is 0. The van der Waals surface area contributed by atoms with Crippen LogP contribution in [0.5, 0.6) is 0 Å². The molecule has 0 heterocycles. The first-order chi connectivity index (χ1) is 6.61. The third kappa shape index (κ3) is 2.89. The second-order valence-corrected chi connectivity index (χ2v) is 3.37. The number of rotatable bonds is 2. The predicted octanol–water partition coefficient (Wildman–Crippen LogP) is 2.79. The summed E-state index contributed by atoms with van der Waals surface area (Å²) in [5.74, 6) is -0.00620. The summed E-state index contributed by atoms with van der Waals surface area (Å²) >= 11 is 5.93. The zero-order valence-electron chi connectivity index (χ0n) is 8.20. The van der Waals surface area contributed by atoms with E-state index in [2.05, 4.69) is 0 Å². The van der Waals surface area contributed by atoms with Gasteiger partial charge >= 0.3 is 0 Å². The molecule has 0 radical (unpaired) electrons. The van der Waals surface area contributed by atoms with Crippen LogP contribution in [0.1, 0.15) is 12.5 Å². The highest BCUT2D eigenvalue weighted by molar-refractivity contribution is 6.32. The average molecular weight is 210 g/mol. The van der Waals surface area contributed by atoms with Gasteiger partial charge in [0.25, 0.3) is 0 Å². The highest BCUT2D eigenvalue weighted by Crippen LogP contribution is 2.16. The smallest absolute Gasteiger partial charge is 0.223 e. The van der Waals surface area contributed by atoms with Gasteiger partial charge in [0.1, 0.15) is 0 Å². The van der Waals surface area contributed by atoms with E-state index in [0.29, 0.717) is 5.02 Å². The number of benzene rings is 1. The zero-order chi connectivity index (χ0) is 10.6. The summed E-state index contributed by atoms with van der Waals surface area (Å²) in [5, 5.41) is 0.681. The number of nitrogens with zero attached hydrogens (tertiary/aromatic N) is 1. The van der Waals surface area contributed by atoms with Crippen LogP contribution in [0.3, 0.4) is 0 Å². The van der Waals surface area contributed by atoms with Gasteiger partial charge in [-0.2, -0.15) is 0 Å².